The van der Waals surface area contributed by atoms with E-state index in [1.807, 2.05) is 44.2 Å². The van der Waals surface area contributed by atoms with Crippen molar-refractivity contribution in [1.82, 2.24) is 14.9 Å². The first-order valence-electron chi connectivity index (χ1n) is 9.62. The van der Waals surface area contributed by atoms with Crippen LogP contribution >= 0.6 is 0 Å². The Hall–Kier alpha value is -2.66. The topological polar surface area (TPSA) is 61.0 Å². The van der Waals surface area contributed by atoms with Crippen LogP contribution in [0.2, 0.25) is 0 Å². The van der Waals surface area contributed by atoms with Crippen LogP contribution < -0.4 is 5.32 Å². The quantitative estimate of drug-likeness (QED) is 0.737. The fraction of sp³-hybridized carbons (Fsp3) is 0.364. The van der Waals surface area contributed by atoms with Crippen LogP contribution in [0.4, 0.5) is 5.69 Å². The van der Waals surface area contributed by atoms with Crippen LogP contribution in [-0.4, -0.2) is 40.4 Å². The number of benzene rings is 2. The molecule has 4 rings (SSSR count). The van der Waals surface area contributed by atoms with E-state index in [4.69, 9.17) is 4.98 Å². The number of H-pyrrole nitrogens is 1. The van der Waals surface area contributed by atoms with E-state index in [2.05, 4.69) is 27.3 Å². The number of amides is 1. The SMILES string of the molecule is Cc1cc(C)cc(NC(=O)CN2CCCC(c3nc4ccccc4[nH]3)C2)c1. The Morgan fingerprint density at radius 1 is 1.22 bits per heavy atom. The van der Waals surface area contributed by atoms with Gasteiger partial charge in [-0.3, -0.25) is 9.69 Å². The molecule has 3 aromatic rings. The minimum absolute atomic E-state index is 0.0465. The van der Waals surface area contributed by atoms with Gasteiger partial charge in [-0.2, -0.15) is 0 Å². The number of hydrogen-bond donors (Lipinski definition) is 2. The average molecular weight is 362 g/mol. The number of likely N-dealkylation sites (tertiary alicyclic amines) is 1. The van der Waals surface area contributed by atoms with E-state index in [-0.39, 0.29) is 5.91 Å². The normalized spacial score (nSPS) is 17.9. The molecule has 0 saturated carbocycles. The Labute approximate surface area is 159 Å². The summed E-state index contributed by atoms with van der Waals surface area (Å²) in [6, 6.07) is 14.3. The zero-order chi connectivity index (χ0) is 18.8. The van der Waals surface area contributed by atoms with Crippen molar-refractivity contribution < 1.29 is 4.79 Å². The van der Waals surface area contributed by atoms with Crippen molar-refractivity contribution in [2.45, 2.75) is 32.6 Å². The van der Waals surface area contributed by atoms with E-state index in [1.54, 1.807) is 0 Å². The number of para-hydroxylation sites is 2. The first kappa shape index (κ1) is 17.7. The summed E-state index contributed by atoms with van der Waals surface area (Å²) in [6.07, 6.45) is 2.19. The number of aromatic amines is 1. The number of piperidine rings is 1. The second kappa shape index (κ2) is 7.53. The van der Waals surface area contributed by atoms with Gasteiger partial charge in [0.2, 0.25) is 5.91 Å². The van der Waals surface area contributed by atoms with Crippen LogP contribution in [0.15, 0.2) is 42.5 Å². The second-order valence-corrected chi connectivity index (χ2v) is 7.64. The minimum Gasteiger partial charge on any atom is -0.342 e. The molecule has 1 aliphatic rings. The van der Waals surface area contributed by atoms with Gasteiger partial charge in [-0.15, -0.1) is 0 Å². The zero-order valence-corrected chi connectivity index (χ0v) is 16.0. The molecule has 2 N–H and O–H groups in total. The number of imidazole rings is 1. The van der Waals surface area contributed by atoms with Gasteiger partial charge in [0.1, 0.15) is 5.82 Å². The number of aromatic nitrogens is 2. The Kier molecular flexibility index (Phi) is 4.94. The Morgan fingerprint density at radius 2 is 2.00 bits per heavy atom. The monoisotopic (exact) mass is 362 g/mol. The standard InChI is InChI=1S/C22H26N4O/c1-15-10-16(2)12-18(11-15)23-21(27)14-26-9-5-6-17(13-26)22-24-19-7-3-4-8-20(19)25-22/h3-4,7-8,10-12,17H,5-6,9,13-14H2,1-2H3,(H,23,27)(H,24,25). The maximum atomic E-state index is 12.5. The van der Waals surface area contributed by atoms with Crippen LogP contribution in [0, 0.1) is 13.8 Å². The van der Waals surface area contributed by atoms with Crippen LogP contribution in [-0.2, 0) is 4.79 Å². The van der Waals surface area contributed by atoms with Crippen molar-refractivity contribution in [3.63, 3.8) is 0 Å². The summed E-state index contributed by atoms with van der Waals surface area (Å²) in [5, 5.41) is 3.04. The molecule has 0 bridgehead atoms. The van der Waals surface area contributed by atoms with Crippen LogP contribution in [0.5, 0.6) is 0 Å². The Morgan fingerprint density at radius 3 is 2.78 bits per heavy atom. The van der Waals surface area contributed by atoms with Crippen LogP contribution in [0.1, 0.15) is 35.7 Å². The molecular weight excluding hydrogens is 336 g/mol. The largest absolute Gasteiger partial charge is 0.342 e. The fourth-order valence-corrected chi connectivity index (χ4v) is 4.04. The highest BCUT2D eigenvalue weighted by Crippen LogP contribution is 2.26. The van der Waals surface area contributed by atoms with Crippen LogP contribution in [0.3, 0.4) is 0 Å². The molecule has 0 aliphatic carbocycles. The number of nitrogens with zero attached hydrogens (tertiary/aromatic N) is 2. The average Bonchev–Trinajstić information content (AvgIpc) is 3.05. The number of aryl methyl sites for hydroxylation is 2. The molecule has 1 saturated heterocycles. The van der Waals surface area contributed by atoms with E-state index in [0.717, 1.165) is 59.6 Å². The maximum absolute atomic E-state index is 12.5. The van der Waals surface area contributed by atoms with E-state index in [1.165, 1.54) is 0 Å². The summed E-state index contributed by atoms with van der Waals surface area (Å²) in [6.45, 7) is 6.33. The van der Waals surface area contributed by atoms with Gasteiger partial charge in [0.15, 0.2) is 0 Å². The third kappa shape index (κ3) is 4.19. The van der Waals surface area contributed by atoms with E-state index in [0.29, 0.717) is 12.5 Å². The van der Waals surface area contributed by atoms with Crippen molar-refractivity contribution in [2.75, 3.05) is 25.0 Å². The predicted octanol–water partition coefficient (Wildman–Crippen LogP) is 4.00. The highest BCUT2D eigenvalue weighted by molar-refractivity contribution is 5.92. The molecule has 1 aromatic heterocycles. The van der Waals surface area contributed by atoms with Crippen molar-refractivity contribution in [1.29, 1.82) is 0 Å². The highest BCUT2D eigenvalue weighted by atomic mass is 16.2. The summed E-state index contributed by atoms with van der Waals surface area (Å²) < 4.78 is 0. The summed E-state index contributed by atoms with van der Waals surface area (Å²) in [7, 11) is 0. The molecule has 0 radical (unpaired) electrons. The lowest BCUT2D eigenvalue weighted by molar-refractivity contribution is -0.117. The van der Waals surface area contributed by atoms with E-state index < -0.39 is 0 Å². The molecule has 1 amide bonds. The predicted molar refractivity (Wildman–Crippen MR) is 109 cm³/mol. The van der Waals surface area contributed by atoms with Crippen molar-refractivity contribution in [2.24, 2.45) is 0 Å². The fourth-order valence-electron chi connectivity index (χ4n) is 4.04. The molecule has 1 fully saturated rings. The molecule has 5 nitrogen and oxygen atoms in total. The molecule has 5 heteroatoms. The Balaban J connectivity index is 1.39. The molecule has 1 aliphatic heterocycles. The van der Waals surface area contributed by atoms with Gasteiger partial charge >= 0.3 is 0 Å². The smallest absolute Gasteiger partial charge is 0.238 e. The summed E-state index contributed by atoms with van der Waals surface area (Å²) >= 11 is 0. The van der Waals surface area contributed by atoms with E-state index in [9.17, 15) is 4.79 Å². The Bertz CT molecular complexity index is 909. The van der Waals surface area contributed by atoms with Gasteiger partial charge in [0.25, 0.3) is 0 Å². The first-order chi connectivity index (χ1) is 13.1. The third-order valence-corrected chi connectivity index (χ3v) is 5.17. The summed E-state index contributed by atoms with van der Waals surface area (Å²) in [4.78, 5) is 23.0. The molecule has 0 spiro atoms. The van der Waals surface area contributed by atoms with Gasteiger partial charge in [-0.1, -0.05) is 18.2 Å². The highest BCUT2D eigenvalue weighted by Gasteiger charge is 2.25. The molecular formula is C22H26N4O. The lowest BCUT2D eigenvalue weighted by atomic mass is 9.97. The van der Waals surface area contributed by atoms with Gasteiger partial charge < -0.3 is 10.3 Å². The minimum atomic E-state index is 0.0465. The number of anilines is 1. The summed E-state index contributed by atoms with van der Waals surface area (Å²) in [5.74, 6) is 1.43. The number of fused-ring (bicyclic) bond motifs is 1. The zero-order valence-electron chi connectivity index (χ0n) is 16.0. The molecule has 140 valence electrons. The number of hydrogen-bond acceptors (Lipinski definition) is 3. The van der Waals surface area contributed by atoms with Gasteiger partial charge in [-0.25, -0.2) is 4.98 Å². The van der Waals surface area contributed by atoms with Gasteiger partial charge in [-0.05, 0) is 68.6 Å². The molecule has 2 heterocycles. The molecule has 27 heavy (non-hydrogen) atoms. The van der Waals surface area contributed by atoms with Crippen LogP contribution in [0.25, 0.3) is 11.0 Å². The summed E-state index contributed by atoms with van der Waals surface area (Å²) in [5.41, 5.74) is 5.29. The number of nitrogens with one attached hydrogen (secondary N) is 2. The second-order valence-electron chi connectivity index (χ2n) is 7.64. The molecule has 1 atom stereocenters. The van der Waals surface area contributed by atoms with Gasteiger partial charge in [0.05, 0.1) is 17.6 Å². The van der Waals surface area contributed by atoms with E-state index >= 15 is 0 Å². The first-order valence-corrected chi connectivity index (χ1v) is 9.62. The number of rotatable bonds is 4. The van der Waals surface area contributed by atoms with Crippen molar-refractivity contribution in [3.05, 3.63) is 59.4 Å². The number of carbonyl (C=O) groups is 1. The lowest BCUT2D eigenvalue weighted by Gasteiger charge is -2.31. The van der Waals surface area contributed by atoms with Crippen molar-refractivity contribution in [3.8, 4) is 0 Å². The maximum Gasteiger partial charge on any atom is 0.238 e. The third-order valence-electron chi connectivity index (χ3n) is 5.17. The van der Waals surface area contributed by atoms with Crippen molar-refractivity contribution >= 4 is 22.6 Å². The molecule has 1 unspecified atom stereocenters. The molecule has 2 aromatic carbocycles. The van der Waals surface area contributed by atoms with Gasteiger partial charge in [0, 0.05) is 18.2 Å². The lowest BCUT2D eigenvalue weighted by Crippen LogP contribution is -2.40. The number of carbonyl (C=O) groups excluding carboxylic acids is 1.